The average Bonchev–Trinajstić information content (AvgIpc) is 2.56. The zero-order valence-corrected chi connectivity index (χ0v) is 13.3. The van der Waals surface area contributed by atoms with E-state index in [1.807, 2.05) is 6.07 Å². The Hall–Kier alpha value is -3.15. The van der Waals surface area contributed by atoms with Gasteiger partial charge in [0.25, 0.3) is 0 Å². The summed E-state index contributed by atoms with van der Waals surface area (Å²) in [7, 11) is 0. The Kier molecular flexibility index (Phi) is 7.70. The second-order valence-corrected chi connectivity index (χ2v) is 4.79. The van der Waals surface area contributed by atoms with Crippen molar-refractivity contribution in [2.45, 2.75) is 19.8 Å². The van der Waals surface area contributed by atoms with Crippen LogP contribution in [0.1, 0.15) is 29.3 Å². The van der Waals surface area contributed by atoms with Crippen LogP contribution in [0.4, 0.5) is 0 Å². The van der Waals surface area contributed by atoms with E-state index in [0.29, 0.717) is 23.3 Å². The zero-order chi connectivity index (χ0) is 17.9. The van der Waals surface area contributed by atoms with Crippen molar-refractivity contribution >= 4 is 17.8 Å². The summed E-state index contributed by atoms with van der Waals surface area (Å²) in [6, 6.07) is 15.1. The fourth-order valence-electron chi connectivity index (χ4n) is 1.63. The number of rotatable bonds is 5. The summed E-state index contributed by atoms with van der Waals surface area (Å²) in [6.07, 6.45) is 0.344. The van der Waals surface area contributed by atoms with Crippen LogP contribution in [0.2, 0.25) is 0 Å². The van der Waals surface area contributed by atoms with Crippen molar-refractivity contribution < 1.29 is 24.2 Å². The van der Waals surface area contributed by atoms with Crippen LogP contribution in [0.5, 0.6) is 5.75 Å². The first kappa shape index (κ1) is 18.9. The third-order valence-electron chi connectivity index (χ3n) is 2.82. The normalized spacial score (nSPS) is 9.38. The van der Waals surface area contributed by atoms with E-state index in [9.17, 15) is 14.4 Å². The van der Waals surface area contributed by atoms with Crippen LogP contribution in [-0.4, -0.2) is 23.0 Å². The molecule has 0 heterocycles. The molecular formula is C18H19NO5. The molecule has 0 fully saturated rings. The largest absolute Gasteiger partial charge is 0.481 e. The Balaban J connectivity index is 0.000000505. The minimum atomic E-state index is -0.925. The molecule has 6 heteroatoms. The Morgan fingerprint density at radius 2 is 1.67 bits per heavy atom. The maximum absolute atomic E-state index is 11.8. The monoisotopic (exact) mass is 329 g/mol. The van der Waals surface area contributed by atoms with E-state index in [1.54, 1.807) is 55.5 Å². The molecule has 0 atom stereocenters. The molecule has 2 aromatic rings. The maximum atomic E-state index is 11.8. The van der Waals surface area contributed by atoms with Crippen LogP contribution < -0.4 is 10.5 Å². The number of hydrogen-bond donors (Lipinski definition) is 2. The Morgan fingerprint density at radius 3 is 2.21 bits per heavy atom. The topological polar surface area (TPSA) is 107 Å². The molecule has 0 aliphatic carbocycles. The number of esters is 1. The van der Waals surface area contributed by atoms with Crippen LogP contribution >= 0.6 is 0 Å². The summed E-state index contributed by atoms with van der Waals surface area (Å²) in [5.74, 6) is -1.29. The van der Waals surface area contributed by atoms with Crippen LogP contribution in [-0.2, 0) is 16.0 Å². The van der Waals surface area contributed by atoms with Crippen molar-refractivity contribution in [1.82, 2.24) is 0 Å². The molecule has 0 unspecified atom stereocenters. The van der Waals surface area contributed by atoms with Gasteiger partial charge in [-0.05, 0) is 29.8 Å². The van der Waals surface area contributed by atoms with Gasteiger partial charge in [-0.2, -0.15) is 0 Å². The predicted molar refractivity (Wildman–Crippen MR) is 88.7 cm³/mol. The van der Waals surface area contributed by atoms with Gasteiger partial charge in [-0.15, -0.1) is 0 Å². The lowest BCUT2D eigenvalue weighted by molar-refractivity contribution is -0.136. The van der Waals surface area contributed by atoms with Crippen LogP contribution in [0.15, 0.2) is 54.6 Å². The highest BCUT2D eigenvalue weighted by molar-refractivity contribution is 5.91. The van der Waals surface area contributed by atoms with Gasteiger partial charge < -0.3 is 15.6 Å². The van der Waals surface area contributed by atoms with E-state index < -0.39 is 11.9 Å². The first-order valence-electron chi connectivity index (χ1n) is 7.28. The quantitative estimate of drug-likeness (QED) is 0.647. The number of hydrogen-bond acceptors (Lipinski definition) is 4. The van der Waals surface area contributed by atoms with E-state index in [0.717, 1.165) is 0 Å². The highest BCUT2D eigenvalue weighted by Gasteiger charge is 2.08. The van der Waals surface area contributed by atoms with Gasteiger partial charge in [0.2, 0.25) is 5.91 Å². The van der Waals surface area contributed by atoms with E-state index in [-0.39, 0.29) is 12.3 Å². The van der Waals surface area contributed by atoms with Gasteiger partial charge >= 0.3 is 11.9 Å². The lowest BCUT2D eigenvalue weighted by Crippen LogP contribution is -2.08. The number of primary amides is 1. The molecule has 6 nitrogen and oxygen atoms in total. The smallest absolute Gasteiger partial charge is 0.343 e. The van der Waals surface area contributed by atoms with Gasteiger partial charge in [0, 0.05) is 6.42 Å². The molecule has 2 aromatic carbocycles. The molecule has 24 heavy (non-hydrogen) atoms. The molecule has 0 saturated carbocycles. The third kappa shape index (κ3) is 7.22. The fraction of sp³-hybridized carbons (Fsp3) is 0.167. The van der Waals surface area contributed by atoms with Crippen LogP contribution in [0.3, 0.4) is 0 Å². The Morgan fingerprint density at radius 1 is 1.04 bits per heavy atom. The van der Waals surface area contributed by atoms with Crippen molar-refractivity contribution in [2.24, 2.45) is 5.73 Å². The molecule has 0 spiro atoms. The summed E-state index contributed by atoms with van der Waals surface area (Å²) in [5, 5.41) is 8.71. The molecular weight excluding hydrogens is 310 g/mol. The highest BCUT2D eigenvalue weighted by Crippen LogP contribution is 2.15. The number of nitrogens with two attached hydrogens (primary N) is 1. The first-order valence-corrected chi connectivity index (χ1v) is 7.28. The van der Waals surface area contributed by atoms with Crippen LogP contribution in [0.25, 0.3) is 0 Å². The van der Waals surface area contributed by atoms with Gasteiger partial charge in [-0.25, -0.2) is 4.79 Å². The second kappa shape index (κ2) is 9.78. The van der Waals surface area contributed by atoms with Crippen molar-refractivity contribution in [2.75, 3.05) is 0 Å². The summed E-state index contributed by atoms with van der Waals surface area (Å²) in [4.78, 5) is 32.0. The van der Waals surface area contributed by atoms with E-state index in [2.05, 4.69) is 5.73 Å². The summed E-state index contributed by atoms with van der Waals surface area (Å²) in [5.41, 5.74) is 5.69. The van der Waals surface area contributed by atoms with E-state index in [1.165, 1.54) is 0 Å². The Labute approximate surface area is 139 Å². The molecule has 0 bridgehead atoms. The molecule has 3 N–H and O–H groups in total. The number of carbonyl (C=O) groups excluding carboxylic acids is 2. The third-order valence-corrected chi connectivity index (χ3v) is 2.82. The number of carbonyl (C=O) groups is 3. The minimum absolute atomic E-state index is 0.100. The fourth-order valence-corrected chi connectivity index (χ4v) is 1.63. The lowest BCUT2D eigenvalue weighted by atomic mass is 10.1. The van der Waals surface area contributed by atoms with Crippen molar-refractivity contribution in [3.05, 3.63) is 65.7 Å². The molecule has 0 radical (unpaired) electrons. The van der Waals surface area contributed by atoms with Gasteiger partial charge in [-0.3, -0.25) is 9.59 Å². The maximum Gasteiger partial charge on any atom is 0.343 e. The number of aliphatic carboxylic acids is 1. The summed E-state index contributed by atoms with van der Waals surface area (Å²) in [6.45, 7) is 1.72. The van der Waals surface area contributed by atoms with Crippen molar-refractivity contribution in [3.63, 3.8) is 0 Å². The SMILES string of the molecule is CCC(N)=O.O=C(O)Cc1cccc(OC(=O)c2ccccc2)c1. The Bertz CT molecular complexity index is 698. The zero-order valence-electron chi connectivity index (χ0n) is 13.3. The minimum Gasteiger partial charge on any atom is -0.481 e. The number of benzene rings is 2. The standard InChI is InChI=1S/C15H12O4.C3H7NO/c16-14(17)10-11-5-4-8-13(9-11)19-15(18)12-6-2-1-3-7-12;1-2-3(4)5/h1-9H,10H2,(H,16,17);2H2,1H3,(H2,4,5). The van der Waals surface area contributed by atoms with E-state index in [4.69, 9.17) is 9.84 Å². The lowest BCUT2D eigenvalue weighted by Gasteiger charge is -2.05. The van der Waals surface area contributed by atoms with Gasteiger partial charge in [0.1, 0.15) is 5.75 Å². The number of carboxylic acid groups (broad SMARTS) is 1. The molecule has 1 amide bonds. The van der Waals surface area contributed by atoms with Gasteiger partial charge in [0.05, 0.1) is 12.0 Å². The van der Waals surface area contributed by atoms with Crippen molar-refractivity contribution in [3.8, 4) is 5.75 Å². The molecule has 0 aliphatic rings. The average molecular weight is 329 g/mol. The molecule has 2 rings (SSSR count). The molecule has 0 aliphatic heterocycles. The second-order valence-electron chi connectivity index (χ2n) is 4.79. The van der Waals surface area contributed by atoms with Gasteiger partial charge in [-0.1, -0.05) is 37.3 Å². The summed E-state index contributed by atoms with van der Waals surface area (Å²) >= 11 is 0. The van der Waals surface area contributed by atoms with Gasteiger partial charge in [0.15, 0.2) is 0 Å². The van der Waals surface area contributed by atoms with Crippen molar-refractivity contribution in [1.29, 1.82) is 0 Å². The van der Waals surface area contributed by atoms with Crippen LogP contribution in [0, 0.1) is 0 Å². The number of carboxylic acids is 1. The number of ether oxygens (including phenoxy) is 1. The summed E-state index contributed by atoms with van der Waals surface area (Å²) < 4.78 is 5.19. The first-order chi connectivity index (χ1) is 11.4. The molecule has 126 valence electrons. The predicted octanol–water partition coefficient (Wildman–Crippen LogP) is 2.41. The number of amides is 1. The van der Waals surface area contributed by atoms with E-state index >= 15 is 0 Å². The highest BCUT2D eigenvalue weighted by atomic mass is 16.5. The molecule has 0 saturated heterocycles. The molecule has 0 aromatic heterocycles.